The third kappa shape index (κ3) is 1.29. The Bertz CT molecular complexity index is 614. The van der Waals surface area contributed by atoms with Gasteiger partial charge in [0.05, 0.1) is 18.8 Å². The second-order valence-electron chi connectivity index (χ2n) is 3.17. The highest BCUT2D eigenvalue weighted by molar-refractivity contribution is 5.75. The summed E-state index contributed by atoms with van der Waals surface area (Å²) in [6.07, 6.45) is 1.59. The number of fused-ring (bicyclic) bond motifs is 1. The van der Waals surface area contributed by atoms with Crippen LogP contribution in [-0.4, -0.2) is 37.5 Å². The van der Waals surface area contributed by atoms with Crippen LogP contribution in [0.1, 0.15) is 0 Å². The molecule has 2 N–H and O–H groups in total. The highest BCUT2D eigenvalue weighted by Gasteiger charge is 2.08. The van der Waals surface area contributed by atoms with Gasteiger partial charge in [0.1, 0.15) is 5.69 Å². The summed E-state index contributed by atoms with van der Waals surface area (Å²) < 4.78 is 5.02. The fourth-order valence-corrected chi connectivity index (χ4v) is 1.43. The molecule has 0 radical (unpaired) electrons. The van der Waals surface area contributed by atoms with Crippen LogP contribution in [0.2, 0.25) is 0 Å². The Morgan fingerprint density at radius 3 is 2.94 bits per heavy atom. The Labute approximate surface area is 89.9 Å². The van der Waals surface area contributed by atoms with Crippen molar-refractivity contribution < 1.29 is 4.74 Å². The molecule has 0 saturated heterocycles. The Morgan fingerprint density at radius 2 is 2.19 bits per heavy atom. The van der Waals surface area contributed by atoms with E-state index >= 15 is 0 Å². The van der Waals surface area contributed by atoms with E-state index in [4.69, 9.17) is 4.74 Å². The number of aromatic nitrogens is 6. The Morgan fingerprint density at radius 1 is 1.25 bits per heavy atom. The molecule has 3 rings (SSSR count). The average molecular weight is 216 g/mol. The summed E-state index contributed by atoms with van der Waals surface area (Å²) in [5.41, 5.74) is 2.08. The second kappa shape index (κ2) is 3.30. The number of imidazole rings is 1. The number of aromatic amines is 2. The zero-order valence-electron chi connectivity index (χ0n) is 8.43. The smallest absolute Gasteiger partial charge is 0.215 e. The molecule has 0 saturated carbocycles. The van der Waals surface area contributed by atoms with Gasteiger partial charge in [0.15, 0.2) is 11.5 Å². The maximum atomic E-state index is 5.02. The van der Waals surface area contributed by atoms with E-state index in [0.717, 1.165) is 5.52 Å². The largest absolute Gasteiger partial charge is 0.481 e. The van der Waals surface area contributed by atoms with Crippen molar-refractivity contribution in [2.45, 2.75) is 0 Å². The third-order valence-electron chi connectivity index (χ3n) is 2.19. The van der Waals surface area contributed by atoms with Crippen molar-refractivity contribution in [3.05, 3.63) is 18.3 Å². The zero-order chi connectivity index (χ0) is 11.0. The van der Waals surface area contributed by atoms with Gasteiger partial charge in [0, 0.05) is 6.07 Å². The highest BCUT2D eigenvalue weighted by Crippen LogP contribution is 2.18. The molecule has 16 heavy (non-hydrogen) atoms. The summed E-state index contributed by atoms with van der Waals surface area (Å²) in [5, 5.41) is 10.2. The number of ether oxygens (including phenoxy) is 1. The molecule has 0 atom stereocenters. The molecule has 0 aliphatic carbocycles. The first-order chi connectivity index (χ1) is 7.86. The lowest BCUT2D eigenvalue weighted by Gasteiger charge is -1.95. The van der Waals surface area contributed by atoms with Crippen LogP contribution in [0.25, 0.3) is 22.7 Å². The predicted molar refractivity (Wildman–Crippen MR) is 55.8 cm³/mol. The molecule has 0 fully saturated rings. The molecule has 0 spiro atoms. The lowest BCUT2D eigenvalue weighted by atomic mass is 10.4. The van der Waals surface area contributed by atoms with E-state index in [-0.39, 0.29) is 0 Å². The van der Waals surface area contributed by atoms with E-state index in [2.05, 4.69) is 30.4 Å². The Balaban J connectivity index is 2.16. The quantitative estimate of drug-likeness (QED) is 0.659. The van der Waals surface area contributed by atoms with Gasteiger partial charge in [-0.1, -0.05) is 0 Å². The van der Waals surface area contributed by atoms with Gasteiger partial charge >= 0.3 is 0 Å². The van der Waals surface area contributed by atoms with Gasteiger partial charge in [0.2, 0.25) is 5.88 Å². The molecule has 0 aliphatic heterocycles. The molecule has 0 bridgehead atoms. The molecule has 3 aromatic rings. The van der Waals surface area contributed by atoms with Gasteiger partial charge in [-0.05, 0) is 6.07 Å². The molecule has 7 heteroatoms. The monoisotopic (exact) mass is 216 g/mol. The molecule has 7 nitrogen and oxygen atoms in total. The van der Waals surface area contributed by atoms with Crippen molar-refractivity contribution in [3.8, 4) is 17.4 Å². The van der Waals surface area contributed by atoms with Crippen molar-refractivity contribution in [1.29, 1.82) is 0 Å². The SMILES string of the molecule is COc1ccc2[nH]c(-c3cn[nH]n3)nc2n1. The van der Waals surface area contributed by atoms with Crippen molar-refractivity contribution in [1.82, 2.24) is 30.4 Å². The zero-order valence-corrected chi connectivity index (χ0v) is 8.43. The summed E-state index contributed by atoms with van der Waals surface area (Å²) >= 11 is 0. The first-order valence-electron chi connectivity index (χ1n) is 4.64. The van der Waals surface area contributed by atoms with Gasteiger partial charge < -0.3 is 9.72 Å². The van der Waals surface area contributed by atoms with E-state index in [0.29, 0.717) is 23.0 Å². The summed E-state index contributed by atoms with van der Waals surface area (Å²) in [6.45, 7) is 0. The topological polar surface area (TPSA) is 92.4 Å². The van der Waals surface area contributed by atoms with Crippen LogP contribution in [0.3, 0.4) is 0 Å². The van der Waals surface area contributed by atoms with Crippen LogP contribution in [-0.2, 0) is 0 Å². The predicted octanol–water partition coefficient (Wildman–Crippen LogP) is 0.752. The molecule has 3 aromatic heterocycles. The molecule has 3 heterocycles. The second-order valence-corrected chi connectivity index (χ2v) is 3.17. The van der Waals surface area contributed by atoms with Crippen molar-refractivity contribution in [2.24, 2.45) is 0 Å². The Hall–Kier alpha value is -2.44. The lowest BCUT2D eigenvalue weighted by Crippen LogP contribution is -1.86. The minimum absolute atomic E-state index is 0.533. The van der Waals surface area contributed by atoms with E-state index < -0.39 is 0 Å². The molecule has 80 valence electrons. The first kappa shape index (κ1) is 8.84. The maximum absolute atomic E-state index is 5.02. The van der Waals surface area contributed by atoms with Crippen molar-refractivity contribution in [2.75, 3.05) is 7.11 Å². The molecule has 0 aromatic carbocycles. The Kier molecular flexibility index (Phi) is 1.82. The molecule has 0 amide bonds. The molecular weight excluding hydrogens is 208 g/mol. The van der Waals surface area contributed by atoms with E-state index in [1.54, 1.807) is 19.4 Å². The van der Waals surface area contributed by atoms with Crippen LogP contribution in [0, 0.1) is 0 Å². The van der Waals surface area contributed by atoms with Gasteiger partial charge in [-0.25, -0.2) is 4.98 Å². The van der Waals surface area contributed by atoms with Crippen LogP contribution in [0.5, 0.6) is 5.88 Å². The summed E-state index contributed by atoms with van der Waals surface area (Å²) in [4.78, 5) is 11.6. The standard InChI is InChI=1S/C9H8N6O/c1-16-7-3-2-5-8(12-7)13-9(11-5)6-4-10-15-14-6/h2-4H,1H3,(H,10,14,15)(H,11,12,13). The number of nitrogens with one attached hydrogen (secondary N) is 2. The number of nitrogens with zero attached hydrogens (tertiary/aromatic N) is 4. The van der Waals surface area contributed by atoms with E-state index in [1.165, 1.54) is 0 Å². The lowest BCUT2D eigenvalue weighted by molar-refractivity contribution is 0.399. The van der Waals surface area contributed by atoms with E-state index in [1.807, 2.05) is 6.07 Å². The minimum Gasteiger partial charge on any atom is -0.481 e. The number of hydrogen-bond donors (Lipinski definition) is 2. The van der Waals surface area contributed by atoms with Crippen LogP contribution in [0.15, 0.2) is 18.3 Å². The fraction of sp³-hybridized carbons (Fsp3) is 0.111. The minimum atomic E-state index is 0.533. The average Bonchev–Trinajstić information content (AvgIpc) is 2.96. The molecule has 0 aliphatic rings. The normalized spacial score (nSPS) is 10.8. The first-order valence-corrected chi connectivity index (χ1v) is 4.64. The molecule has 0 unspecified atom stereocenters. The van der Waals surface area contributed by atoms with Gasteiger partial charge in [0.25, 0.3) is 0 Å². The highest BCUT2D eigenvalue weighted by atomic mass is 16.5. The third-order valence-corrected chi connectivity index (χ3v) is 2.19. The fourth-order valence-electron chi connectivity index (χ4n) is 1.43. The number of hydrogen-bond acceptors (Lipinski definition) is 5. The van der Waals surface area contributed by atoms with Gasteiger partial charge in [-0.15, -0.1) is 0 Å². The number of pyridine rings is 1. The van der Waals surface area contributed by atoms with Gasteiger partial charge in [-0.3, -0.25) is 0 Å². The summed E-state index contributed by atoms with van der Waals surface area (Å²) in [5.74, 6) is 1.16. The summed E-state index contributed by atoms with van der Waals surface area (Å²) in [7, 11) is 1.57. The summed E-state index contributed by atoms with van der Waals surface area (Å²) in [6, 6.07) is 3.63. The number of H-pyrrole nitrogens is 2. The van der Waals surface area contributed by atoms with E-state index in [9.17, 15) is 0 Å². The molecular formula is C9H8N6O. The van der Waals surface area contributed by atoms with Crippen LogP contribution in [0.4, 0.5) is 0 Å². The van der Waals surface area contributed by atoms with Crippen LogP contribution >= 0.6 is 0 Å². The number of methoxy groups -OCH3 is 1. The maximum Gasteiger partial charge on any atom is 0.215 e. The van der Waals surface area contributed by atoms with Crippen LogP contribution < -0.4 is 4.74 Å². The van der Waals surface area contributed by atoms with Crippen molar-refractivity contribution in [3.63, 3.8) is 0 Å². The van der Waals surface area contributed by atoms with Gasteiger partial charge in [-0.2, -0.15) is 20.4 Å². The van der Waals surface area contributed by atoms with Crippen molar-refractivity contribution >= 4 is 11.2 Å². The number of rotatable bonds is 2.